The number of rotatable bonds is 11. The first-order chi connectivity index (χ1) is 14.6. The summed E-state index contributed by atoms with van der Waals surface area (Å²) in [6, 6.07) is 26.8. The van der Waals surface area contributed by atoms with Gasteiger partial charge in [0.2, 0.25) is 0 Å². The molecule has 0 saturated carbocycles. The number of aryl methyl sites for hydroxylation is 1. The van der Waals surface area contributed by atoms with Gasteiger partial charge in [-0.1, -0.05) is 54.1 Å². The fourth-order valence-electron chi connectivity index (χ4n) is 3.07. The van der Waals surface area contributed by atoms with Crippen LogP contribution in [0, 0.1) is 6.92 Å². The highest BCUT2D eigenvalue weighted by Gasteiger charge is 2.18. The zero-order valence-corrected chi connectivity index (χ0v) is 17.2. The minimum absolute atomic E-state index is 0.170. The SMILES string of the molecule is Cc1ccc(N(CC(O)COc2ccccc2)CC(O)COc2ccccc2)cc1. The number of hydrogen-bond donors (Lipinski definition) is 2. The third-order valence-corrected chi connectivity index (χ3v) is 4.63. The molecule has 0 aliphatic rings. The van der Waals surface area contributed by atoms with Crippen molar-refractivity contribution in [3.05, 3.63) is 90.5 Å². The molecule has 158 valence electrons. The van der Waals surface area contributed by atoms with Crippen LogP contribution in [0.1, 0.15) is 5.56 Å². The Morgan fingerprint density at radius 1 is 0.667 bits per heavy atom. The first kappa shape index (κ1) is 21.7. The average molecular weight is 408 g/mol. The van der Waals surface area contributed by atoms with Gasteiger partial charge in [0.05, 0.1) is 0 Å². The number of benzene rings is 3. The van der Waals surface area contributed by atoms with Crippen LogP contribution in [-0.4, -0.2) is 48.7 Å². The largest absolute Gasteiger partial charge is 0.491 e. The third-order valence-electron chi connectivity index (χ3n) is 4.63. The fourth-order valence-corrected chi connectivity index (χ4v) is 3.07. The summed E-state index contributed by atoms with van der Waals surface area (Å²) >= 11 is 0. The molecular weight excluding hydrogens is 378 g/mol. The van der Waals surface area contributed by atoms with E-state index in [-0.39, 0.29) is 13.2 Å². The molecule has 2 atom stereocenters. The number of aliphatic hydroxyl groups excluding tert-OH is 2. The van der Waals surface area contributed by atoms with Crippen molar-refractivity contribution in [1.82, 2.24) is 0 Å². The molecule has 0 amide bonds. The molecule has 0 saturated heterocycles. The lowest BCUT2D eigenvalue weighted by Crippen LogP contribution is -2.41. The van der Waals surface area contributed by atoms with Crippen molar-refractivity contribution in [2.75, 3.05) is 31.2 Å². The van der Waals surface area contributed by atoms with Gasteiger partial charge in [0.25, 0.3) is 0 Å². The molecule has 30 heavy (non-hydrogen) atoms. The lowest BCUT2D eigenvalue weighted by atomic mass is 10.2. The zero-order valence-electron chi connectivity index (χ0n) is 17.2. The van der Waals surface area contributed by atoms with Gasteiger partial charge in [0, 0.05) is 18.8 Å². The van der Waals surface area contributed by atoms with Gasteiger partial charge in [-0.2, -0.15) is 0 Å². The first-order valence-electron chi connectivity index (χ1n) is 10.1. The van der Waals surface area contributed by atoms with Crippen LogP contribution < -0.4 is 14.4 Å². The molecule has 3 aromatic rings. The maximum atomic E-state index is 10.5. The molecule has 0 aliphatic carbocycles. The maximum Gasteiger partial charge on any atom is 0.119 e. The number of anilines is 1. The van der Waals surface area contributed by atoms with Gasteiger partial charge >= 0.3 is 0 Å². The highest BCUT2D eigenvalue weighted by molar-refractivity contribution is 5.47. The summed E-state index contributed by atoms with van der Waals surface area (Å²) in [5.74, 6) is 1.43. The van der Waals surface area contributed by atoms with Crippen LogP contribution in [-0.2, 0) is 0 Å². The minimum atomic E-state index is -0.714. The molecule has 5 nitrogen and oxygen atoms in total. The molecule has 0 bridgehead atoms. The fraction of sp³-hybridized carbons (Fsp3) is 0.280. The highest BCUT2D eigenvalue weighted by atomic mass is 16.5. The molecule has 0 heterocycles. The van der Waals surface area contributed by atoms with Crippen molar-refractivity contribution in [2.45, 2.75) is 19.1 Å². The van der Waals surface area contributed by atoms with E-state index < -0.39 is 12.2 Å². The molecule has 2 unspecified atom stereocenters. The monoisotopic (exact) mass is 407 g/mol. The summed E-state index contributed by atoms with van der Waals surface area (Å²) in [5, 5.41) is 21.1. The van der Waals surface area contributed by atoms with E-state index in [1.54, 1.807) is 0 Å². The molecule has 0 aromatic heterocycles. The Kier molecular flexibility index (Phi) is 8.12. The summed E-state index contributed by atoms with van der Waals surface area (Å²) in [7, 11) is 0. The highest BCUT2D eigenvalue weighted by Crippen LogP contribution is 2.17. The standard InChI is InChI=1S/C25H29NO4/c1-20-12-14-21(15-13-20)26(16-22(27)18-29-24-8-4-2-5-9-24)17-23(28)19-30-25-10-6-3-7-11-25/h2-15,22-23,27-28H,16-19H2,1H3. The zero-order chi connectivity index (χ0) is 21.2. The Balaban J connectivity index is 1.58. The van der Waals surface area contributed by atoms with Crippen molar-refractivity contribution in [3.63, 3.8) is 0 Å². The van der Waals surface area contributed by atoms with Crippen molar-refractivity contribution in [2.24, 2.45) is 0 Å². The van der Waals surface area contributed by atoms with Gasteiger partial charge < -0.3 is 24.6 Å². The third kappa shape index (κ3) is 7.10. The molecule has 0 aliphatic heterocycles. The van der Waals surface area contributed by atoms with E-state index in [2.05, 4.69) is 0 Å². The van der Waals surface area contributed by atoms with E-state index in [1.807, 2.05) is 96.8 Å². The van der Waals surface area contributed by atoms with Crippen LogP contribution in [0.2, 0.25) is 0 Å². The average Bonchev–Trinajstić information content (AvgIpc) is 2.78. The number of para-hydroxylation sites is 2. The second kappa shape index (κ2) is 11.2. The molecule has 3 rings (SSSR count). The number of aliphatic hydroxyl groups is 2. The topological polar surface area (TPSA) is 62.2 Å². The molecule has 2 N–H and O–H groups in total. The van der Waals surface area contributed by atoms with E-state index in [1.165, 1.54) is 0 Å². The summed E-state index contributed by atoms with van der Waals surface area (Å²) in [6.07, 6.45) is -1.43. The van der Waals surface area contributed by atoms with Crippen molar-refractivity contribution >= 4 is 5.69 Å². The second-order valence-corrected chi connectivity index (χ2v) is 7.30. The Labute approximate surface area is 178 Å². The van der Waals surface area contributed by atoms with E-state index in [4.69, 9.17) is 9.47 Å². The number of ether oxygens (including phenoxy) is 2. The van der Waals surface area contributed by atoms with Crippen LogP contribution in [0.15, 0.2) is 84.9 Å². The maximum absolute atomic E-state index is 10.5. The van der Waals surface area contributed by atoms with Gasteiger partial charge in [-0.05, 0) is 43.3 Å². The van der Waals surface area contributed by atoms with Crippen LogP contribution in [0.4, 0.5) is 5.69 Å². The Bertz CT molecular complexity index is 804. The van der Waals surface area contributed by atoms with Crippen LogP contribution >= 0.6 is 0 Å². The Hall–Kier alpha value is -3.02. The predicted octanol–water partition coefficient (Wildman–Crippen LogP) is 3.68. The normalized spacial score (nSPS) is 12.8. The van der Waals surface area contributed by atoms with E-state index in [0.717, 1.165) is 22.7 Å². The first-order valence-corrected chi connectivity index (χ1v) is 10.1. The quantitative estimate of drug-likeness (QED) is 0.508. The van der Waals surface area contributed by atoms with E-state index in [0.29, 0.717) is 13.1 Å². The minimum Gasteiger partial charge on any atom is -0.491 e. The van der Waals surface area contributed by atoms with Crippen LogP contribution in [0.25, 0.3) is 0 Å². The molecule has 0 spiro atoms. The van der Waals surface area contributed by atoms with E-state index in [9.17, 15) is 10.2 Å². The van der Waals surface area contributed by atoms with Crippen LogP contribution in [0.3, 0.4) is 0 Å². The van der Waals surface area contributed by atoms with Crippen molar-refractivity contribution in [3.8, 4) is 11.5 Å². The molecule has 0 radical (unpaired) electrons. The van der Waals surface area contributed by atoms with Crippen LogP contribution in [0.5, 0.6) is 11.5 Å². The van der Waals surface area contributed by atoms with Gasteiger partial charge in [-0.25, -0.2) is 0 Å². The van der Waals surface area contributed by atoms with Gasteiger partial charge in [0.1, 0.15) is 36.9 Å². The Morgan fingerprint density at radius 2 is 1.10 bits per heavy atom. The lowest BCUT2D eigenvalue weighted by Gasteiger charge is -2.29. The van der Waals surface area contributed by atoms with E-state index >= 15 is 0 Å². The molecule has 3 aromatic carbocycles. The second-order valence-electron chi connectivity index (χ2n) is 7.30. The lowest BCUT2D eigenvalue weighted by molar-refractivity contribution is 0.0954. The number of nitrogens with zero attached hydrogens (tertiary/aromatic N) is 1. The summed E-state index contributed by atoms with van der Waals surface area (Å²) < 4.78 is 11.3. The molecule has 0 fully saturated rings. The van der Waals surface area contributed by atoms with Crippen molar-refractivity contribution < 1.29 is 19.7 Å². The van der Waals surface area contributed by atoms with Gasteiger partial charge in [0.15, 0.2) is 0 Å². The van der Waals surface area contributed by atoms with Crippen molar-refractivity contribution in [1.29, 1.82) is 0 Å². The number of hydrogen-bond acceptors (Lipinski definition) is 5. The Morgan fingerprint density at radius 3 is 1.53 bits per heavy atom. The summed E-state index contributed by atoms with van der Waals surface area (Å²) in [4.78, 5) is 1.96. The summed E-state index contributed by atoms with van der Waals surface area (Å²) in [5.41, 5.74) is 2.08. The molecular formula is C25H29NO4. The van der Waals surface area contributed by atoms with Gasteiger partial charge in [-0.3, -0.25) is 0 Å². The van der Waals surface area contributed by atoms with Gasteiger partial charge in [-0.15, -0.1) is 0 Å². The smallest absolute Gasteiger partial charge is 0.119 e. The predicted molar refractivity (Wildman–Crippen MR) is 119 cm³/mol. The molecule has 5 heteroatoms. The summed E-state index contributed by atoms with van der Waals surface area (Å²) in [6.45, 7) is 3.03.